The molecule has 32 heavy (non-hydrogen) atoms. The second-order valence-corrected chi connectivity index (χ2v) is 12.4. The molecule has 0 radical (unpaired) electrons. The van der Waals surface area contributed by atoms with Crippen LogP contribution in [0.2, 0.25) is 0 Å². The molecule has 176 valence electrons. The minimum Gasteiger partial charge on any atom is -0.497 e. The van der Waals surface area contributed by atoms with E-state index in [9.17, 15) is 13.2 Å². The fourth-order valence-corrected chi connectivity index (χ4v) is 8.83. The Labute approximate surface area is 191 Å². The molecule has 1 unspecified atom stereocenters. The fraction of sp³-hybridized carbons (Fsp3) is 0.708. The molecule has 4 aliphatic carbocycles. The van der Waals surface area contributed by atoms with Crippen LogP contribution in [0.5, 0.6) is 5.75 Å². The predicted octanol–water partition coefficient (Wildman–Crippen LogP) is 3.51. The summed E-state index contributed by atoms with van der Waals surface area (Å²) in [6.07, 6.45) is 9.89. The van der Waals surface area contributed by atoms with Crippen LogP contribution in [0.1, 0.15) is 57.8 Å². The Balaban J connectivity index is 1.22. The number of nitrogens with one attached hydrogen (secondary N) is 2. The first-order chi connectivity index (χ1) is 15.4. The molecule has 1 saturated heterocycles. The highest BCUT2D eigenvalue weighted by Crippen LogP contribution is 2.55. The van der Waals surface area contributed by atoms with E-state index < -0.39 is 10.0 Å². The van der Waals surface area contributed by atoms with Gasteiger partial charge in [0.2, 0.25) is 10.0 Å². The van der Waals surface area contributed by atoms with Crippen molar-refractivity contribution in [2.45, 2.75) is 74.3 Å². The highest BCUT2D eigenvalue weighted by molar-refractivity contribution is 7.89. The molecule has 0 aromatic heterocycles. The van der Waals surface area contributed by atoms with E-state index in [0.29, 0.717) is 18.8 Å². The minimum atomic E-state index is -3.62. The molecule has 5 fully saturated rings. The van der Waals surface area contributed by atoms with Gasteiger partial charge in [-0.15, -0.1) is 0 Å². The summed E-state index contributed by atoms with van der Waals surface area (Å²) in [6.45, 7) is 0.824. The Morgan fingerprint density at radius 1 is 1.06 bits per heavy atom. The molecular weight excluding hydrogens is 426 g/mol. The first-order valence-electron chi connectivity index (χ1n) is 12.1. The number of carbonyl (C=O) groups excluding carboxylic acids is 1. The van der Waals surface area contributed by atoms with Gasteiger partial charge in [-0.3, -0.25) is 0 Å². The van der Waals surface area contributed by atoms with Crippen LogP contribution >= 0.6 is 0 Å². The van der Waals surface area contributed by atoms with Crippen molar-refractivity contribution >= 4 is 16.1 Å². The second kappa shape index (κ2) is 8.52. The molecule has 2 amide bonds. The zero-order valence-electron chi connectivity index (χ0n) is 18.9. The quantitative estimate of drug-likeness (QED) is 0.679. The topological polar surface area (TPSA) is 87.7 Å². The number of amides is 2. The first-order valence-corrected chi connectivity index (χ1v) is 13.5. The molecule has 1 aromatic rings. The van der Waals surface area contributed by atoms with Gasteiger partial charge in [-0.25, -0.2) is 13.2 Å². The average Bonchev–Trinajstić information content (AvgIpc) is 2.76. The van der Waals surface area contributed by atoms with E-state index in [1.54, 1.807) is 35.7 Å². The lowest BCUT2D eigenvalue weighted by Gasteiger charge is -2.56. The summed E-state index contributed by atoms with van der Waals surface area (Å²) in [6, 6.07) is 6.16. The molecule has 4 saturated carbocycles. The van der Waals surface area contributed by atoms with Crippen molar-refractivity contribution in [3.8, 4) is 5.75 Å². The maximum absolute atomic E-state index is 13.3. The van der Waals surface area contributed by atoms with Gasteiger partial charge in [0.15, 0.2) is 0 Å². The standard InChI is InChI=1S/C24H35N3O4S/c1-31-21-5-7-22(8-6-21)32(29,30)27-9-3-2-4-20(27)16-25-23(28)26-24-13-17-10-18(14-24)12-19(11-17)15-24/h5-8,17-20H,2-4,9-16H2,1H3,(H2,25,26,28). The van der Waals surface area contributed by atoms with Gasteiger partial charge in [-0.1, -0.05) is 6.42 Å². The lowest BCUT2D eigenvalue weighted by Crippen LogP contribution is -2.62. The third-order valence-electron chi connectivity index (χ3n) is 8.15. The van der Waals surface area contributed by atoms with Crippen LogP contribution in [0.15, 0.2) is 29.2 Å². The van der Waals surface area contributed by atoms with Crippen LogP contribution in [0.3, 0.4) is 0 Å². The summed E-state index contributed by atoms with van der Waals surface area (Å²) in [7, 11) is -2.06. The number of urea groups is 1. The van der Waals surface area contributed by atoms with Crippen molar-refractivity contribution in [1.82, 2.24) is 14.9 Å². The normalized spacial score (nSPS) is 34.3. The van der Waals surface area contributed by atoms with Gasteiger partial charge < -0.3 is 15.4 Å². The maximum atomic E-state index is 13.3. The molecule has 1 heterocycles. The van der Waals surface area contributed by atoms with E-state index in [0.717, 1.165) is 56.3 Å². The molecule has 1 aliphatic heterocycles. The first kappa shape index (κ1) is 22.0. The fourth-order valence-electron chi connectivity index (χ4n) is 7.14. The number of nitrogens with zero attached hydrogens (tertiary/aromatic N) is 1. The number of rotatable bonds is 6. The van der Waals surface area contributed by atoms with E-state index in [4.69, 9.17) is 4.74 Å². The van der Waals surface area contributed by atoms with Crippen molar-refractivity contribution < 1.29 is 17.9 Å². The number of methoxy groups -OCH3 is 1. The number of carbonyl (C=O) groups is 1. The van der Waals surface area contributed by atoms with Gasteiger partial charge in [-0.2, -0.15) is 4.31 Å². The summed E-state index contributed by atoms with van der Waals surface area (Å²) in [5, 5.41) is 6.35. The van der Waals surface area contributed by atoms with Gasteiger partial charge in [0.1, 0.15) is 5.75 Å². The minimum absolute atomic E-state index is 0.0414. The zero-order chi connectivity index (χ0) is 22.3. The number of hydrogen-bond donors (Lipinski definition) is 2. The smallest absolute Gasteiger partial charge is 0.315 e. The molecule has 1 aromatic carbocycles. The number of sulfonamides is 1. The Morgan fingerprint density at radius 2 is 1.69 bits per heavy atom. The lowest BCUT2D eigenvalue weighted by atomic mass is 9.53. The van der Waals surface area contributed by atoms with Crippen molar-refractivity contribution in [2.75, 3.05) is 20.2 Å². The van der Waals surface area contributed by atoms with Gasteiger partial charge in [0, 0.05) is 24.7 Å². The number of piperidine rings is 1. The second-order valence-electron chi connectivity index (χ2n) is 10.5. The number of hydrogen-bond acceptors (Lipinski definition) is 4. The molecule has 6 rings (SSSR count). The molecule has 2 N–H and O–H groups in total. The van der Waals surface area contributed by atoms with Crippen molar-refractivity contribution in [1.29, 1.82) is 0 Å². The van der Waals surface area contributed by atoms with Crippen LogP contribution in [-0.4, -0.2) is 50.5 Å². The SMILES string of the molecule is COc1ccc(S(=O)(=O)N2CCCCC2CNC(=O)NC23CC4CC(CC(C4)C2)C3)cc1. The van der Waals surface area contributed by atoms with Crippen molar-refractivity contribution in [3.63, 3.8) is 0 Å². The van der Waals surface area contributed by atoms with E-state index in [1.165, 1.54) is 19.3 Å². The highest BCUT2D eigenvalue weighted by atomic mass is 32.2. The van der Waals surface area contributed by atoms with Crippen molar-refractivity contribution in [2.24, 2.45) is 17.8 Å². The van der Waals surface area contributed by atoms with Gasteiger partial charge in [-0.05, 0) is 93.4 Å². The zero-order valence-corrected chi connectivity index (χ0v) is 19.7. The molecule has 4 bridgehead atoms. The molecule has 1 atom stereocenters. The van der Waals surface area contributed by atoms with Gasteiger partial charge in [0.05, 0.1) is 12.0 Å². The summed E-state index contributed by atoms with van der Waals surface area (Å²) in [5.41, 5.74) is -0.0414. The maximum Gasteiger partial charge on any atom is 0.315 e. The average molecular weight is 462 g/mol. The summed E-state index contributed by atoms with van der Waals surface area (Å²) in [5.74, 6) is 2.93. The summed E-state index contributed by atoms with van der Waals surface area (Å²) >= 11 is 0. The molecule has 7 nitrogen and oxygen atoms in total. The number of ether oxygens (including phenoxy) is 1. The van der Waals surface area contributed by atoms with E-state index in [2.05, 4.69) is 10.6 Å². The number of benzene rings is 1. The Hall–Kier alpha value is -1.80. The van der Waals surface area contributed by atoms with Gasteiger partial charge >= 0.3 is 6.03 Å². The van der Waals surface area contributed by atoms with Crippen LogP contribution in [-0.2, 0) is 10.0 Å². The van der Waals surface area contributed by atoms with Crippen molar-refractivity contribution in [3.05, 3.63) is 24.3 Å². The third kappa shape index (κ3) is 4.23. The van der Waals surface area contributed by atoms with Crippen LogP contribution in [0, 0.1) is 17.8 Å². The van der Waals surface area contributed by atoms with Crippen LogP contribution in [0.4, 0.5) is 4.79 Å². The monoisotopic (exact) mass is 461 g/mol. The Kier molecular flexibility index (Phi) is 5.86. The molecular formula is C24H35N3O4S. The molecule has 8 heteroatoms. The lowest BCUT2D eigenvalue weighted by molar-refractivity contribution is -0.0135. The predicted molar refractivity (Wildman–Crippen MR) is 122 cm³/mol. The van der Waals surface area contributed by atoms with E-state index >= 15 is 0 Å². The van der Waals surface area contributed by atoms with E-state index in [1.807, 2.05) is 0 Å². The third-order valence-corrected chi connectivity index (χ3v) is 10.1. The van der Waals surface area contributed by atoms with E-state index in [-0.39, 0.29) is 22.5 Å². The largest absolute Gasteiger partial charge is 0.497 e. The van der Waals surface area contributed by atoms with Crippen LogP contribution in [0.25, 0.3) is 0 Å². The molecule has 5 aliphatic rings. The summed E-state index contributed by atoms with van der Waals surface area (Å²) < 4.78 is 33.3. The van der Waals surface area contributed by atoms with Crippen LogP contribution < -0.4 is 15.4 Å². The molecule has 0 spiro atoms. The highest BCUT2D eigenvalue weighted by Gasteiger charge is 2.51. The van der Waals surface area contributed by atoms with Gasteiger partial charge in [0.25, 0.3) is 0 Å². The summed E-state index contributed by atoms with van der Waals surface area (Å²) in [4.78, 5) is 13.1. The Bertz CT molecular complexity index is 911. The Morgan fingerprint density at radius 3 is 2.28 bits per heavy atom.